The summed E-state index contributed by atoms with van der Waals surface area (Å²) in [7, 11) is 0. The fourth-order valence-corrected chi connectivity index (χ4v) is 3.44. The number of rotatable bonds is 3. The van der Waals surface area contributed by atoms with Crippen molar-refractivity contribution in [3.05, 3.63) is 29.3 Å². The molecule has 1 saturated heterocycles. The van der Waals surface area contributed by atoms with Crippen LogP contribution < -0.4 is 4.90 Å². The molecule has 1 aromatic carbocycles. The molecule has 2 nitrogen and oxygen atoms in total. The monoisotopic (exact) mass is 251 g/mol. The highest BCUT2D eigenvalue weighted by Crippen LogP contribution is 2.27. The van der Waals surface area contributed by atoms with Gasteiger partial charge in [0.05, 0.1) is 6.61 Å². The number of thioether (sulfide) groups is 1. The number of aliphatic hydroxyl groups excluding tert-OH is 1. The van der Waals surface area contributed by atoms with Crippen molar-refractivity contribution in [3.8, 4) is 0 Å². The predicted octanol–water partition coefficient (Wildman–Crippen LogP) is 2.82. The molecule has 94 valence electrons. The standard InChI is InChI=1S/C14H21NOS/c1-3-14-9-15(6-7-17-14)13-5-4-12(10-16)11(2)8-13/h4-5,8,14,16H,3,6-7,9-10H2,1-2H3. The molecule has 1 atom stereocenters. The summed E-state index contributed by atoms with van der Waals surface area (Å²) >= 11 is 2.09. The summed E-state index contributed by atoms with van der Waals surface area (Å²) in [6.07, 6.45) is 1.24. The van der Waals surface area contributed by atoms with E-state index in [1.807, 2.05) is 6.07 Å². The average molecular weight is 251 g/mol. The van der Waals surface area contributed by atoms with Crippen molar-refractivity contribution in [2.45, 2.75) is 32.1 Å². The highest BCUT2D eigenvalue weighted by atomic mass is 32.2. The molecule has 1 fully saturated rings. The molecule has 1 aliphatic heterocycles. The average Bonchev–Trinajstić information content (AvgIpc) is 2.38. The lowest BCUT2D eigenvalue weighted by Crippen LogP contribution is -2.37. The minimum absolute atomic E-state index is 0.138. The molecule has 2 rings (SSSR count). The minimum Gasteiger partial charge on any atom is -0.392 e. The molecule has 0 saturated carbocycles. The molecule has 0 aromatic heterocycles. The molecule has 1 aromatic rings. The maximum absolute atomic E-state index is 9.18. The van der Waals surface area contributed by atoms with Crippen LogP contribution in [-0.2, 0) is 6.61 Å². The molecule has 1 unspecified atom stereocenters. The van der Waals surface area contributed by atoms with E-state index in [-0.39, 0.29) is 6.61 Å². The molecular weight excluding hydrogens is 230 g/mol. The van der Waals surface area contributed by atoms with E-state index in [0.717, 1.165) is 23.9 Å². The number of benzene rings is 1. The van der Waals surface area contributed by atoms with E-state index in [1.165, 1.54) is 23.4 Å². The molecule has 1 heterocycles. The Labute approximate surface area is 108 Å². The van der Waals surface area contributed by atoms with Gasteiger partial charge in [0.1, 0.15) is 0 Å². The van der Waals surface area contributed by atoms with Crippen molar-refractivity contribution in [1.82, 2.24) is 0 Å². The molecule has 0 radical (unpaired) electrons. The first-order valence-electron chi connectivity index (χ1n) is 6.31. The van der Waals surface area contributed by atoms with E-state index in [4.69, 9.17) is 0 Å². The van der Waals surface area contributed by atoms with Crippen LogP contribution in [0.25, 0.3) is 0 Å². The quantitative estimate of drug-likeness (QED) is 0.893. The van der Waals surface area contributed by atoms with Gasteiger partial charge in [-0.05, 0) is 36.6 Å². The third kappa shape index (κ3) is 2.96. The van der Waals surface area contributed by atoms with Crippen LogP contribution in [0, 0.1) is 6.92 Å². The van der Waals surface area contributed by atoms with E-state index in [2.05, 4.69) is 42.6 Å². The SMILES string of the molecule is CCC1CN(c2ccc(CO)c(C)c2)CCS1. The van der Waals surface area contributed by atoms with Gasteiger partial charge in [0.2, 0.25) is 0 Å². The molecule has 1 N–H and O–H groups in total. The van der Waals surface area contributed by atoms with E-state index in [0.29, 0.717) is 0 Å². The third-order valence-corrected chi connectivity index (χ3v) is 4.83. The Morgan fingerprint density at radius 1 is 1.47 bits per heavy atom. The number of anilines is 1. The number of hydrogen-bond acceptors (Lipinski definition) is 3. The maximum atomic E-state index is 9.18. The van der Waals surface area contributed by atoms with Gasteiger partial charge in [-0.1, -0.05) is 13.0 Å². The topological polar surface area (TPSA) is 23.5 Å². The van der Waals surface area contributed by atoms with Crippen LogP contribution in [0.4, 0.5) is 5.69 Å². The lowest BCUT2D eigenvalue weighted by atomic mass is 10.1. The van der Waals surface area contributed by atoms with Gasteiger partial charge in [-0.15, -0.1) is 0 Å². The van der Waals surface area contributed by atoms with Gasteiger partial charge in [0.15, 0.2) is 0 Å². The van der Waals surface area contributed by atoms with Crippen LogP contribution in [0.1, 0.15) is 24.5 Å². The number of hydrogen-bond donors (Lipinski definition) is 1. The minimum atomic E-state index is 0.138. The summed E-state index contributed by atoms with van der Waals surface area (Å²) < 4.78 is 0. The van der Waals surface area contributed by atoms with Crippen LogP contribution in [0.15, 0.2) is 18.2 Å². The Kier molecular flexibility index (Phi) is 4.35. The Morgan fingerprint density at radius 2 is 2.29 bits per heavy atom. The molecule has 1 aliphatic rings. The summed E-state index contributed by atoms with van der Waals surface area (Å²) in [6, 6.07) is 6.39. The first-order valence-corrected chi connectivity index (χ1v) is 7.36. The second-order valence-corrected chi connectivity index (χ2v) is 6.02. The zero-order valence-electron chi connectivity index (χ0n) is 10.6. The Hall–Kier alpha value is -0.670. The largest absolute Gasteiger partial charge is 0.392 e. The van der Waals surface area contributed by atoms with Gasteiger partial charge in [0, 0.05) is 29.8 Å². The van der Waals surface area contributed by atoms with Crippen molar-refractivity contribution in [2.75, 3.05) is 23.7 Å². The van der Waals surface area contributed by atoms with Crippen molar-refractivity contribution in [1.29, 1.82) is 0 Å². The maximum Gasteiger partial charge on any atom is 0.0684 e. The van der Waals surface area contributed by atoms with Crippen molar-refractivity contribution >= 4 is 17.4 Å². The summed E-state index contributed by atoms with van der Waals surface area (Å²) in [5, 5.41) is 9.95. The second-order valence-electron chi connectivity index (χ2n) is 4.62. The number of aliphatic hydroxyl groups is 1. The van der Waals surface area contributed by atoms with Crippen LogP contribution >= 0.6 is 11.8 Å². The molecule has 0 aliphatic carbocycles. The van der Waals surface area contributed by atoms with Crippen molar-refractivity contribution < 1.29 is 5.11 Å². The van der Waals surface area contributed by atoms with E-state index in [9.17, 15) is 5.11 Å². The van der Waals surface area contributed by atoms with Crippen LogP contribution in [-0.4, -0.2) is 29.2 Å². The normalized spacial score (nSPS) is 20.6. The van der Waals surface area contributed by atoms with Gasteiger partial charge in [-0.25, -0.2) is 0 Å². The number of nitrogens with zero attached hydrogens (tertiary/aromatic N) is 1. The van der Waals surface area contributed by atoms with Crippen molar-refractivity contribution in [3.63, 3.8) is 0 Å². The van der Waals surface area contributed by atoms with Gasteiger partial charge in [0.25, 0.3) is 0 Å². The van der Waals surface area contributed by atoms with E-state index < -0.39 is 0 Å². The zero-order valence-corrected chi connectivity index (χ0v) is 11.5. The van der Waals surface area contributed by atoms with Crippen molar-refractivity contribution in [2.24, 2.45) is 0 Å². The lowest BCUT2D eigenvalue weighted by molar-refractivity contribution is 0.281. The van der Waals surface area contributed by atoms with Gasteiger partial charge < -0.3 is 10.0 Å². The predicted molar refractivity (Wildman–Crippen MR) is 75.9 cm³/mol. The van der Waals surface area contributed by atoms with Crippen LogP contribution in [0.5, 0.6) is 0 Å². The molecule has 0 bridgehead atoms. The summed E-state index contributed by atoms with van der Waals surface area (Å²) in [6.45, 7) is 6.77. The third-order valence-electron chi connectivity index (χ3n) is 3.46. The molecular formula is C14H21NOS. The summed E-state index contributed by atoms with van der Waals surface area (Å²) in [5.41, 5.74) is 3.53. The molecule has 0 spiro atoms. The fourth-order valence-electron chi connectivity index (χ4n) is 2.25. The Balaban J connectivity index is 2.13. The molecule has 3 heteroatoms. The van der Waals surface area contributed by atoms with E-state index >= 15 is 0 Å². The first kappa shape index (κ1) is 12.8. The summed E-state index contributed by atoms with van der Waals surface area (Å²) in [5.74, 6) is 1.22. The fraction of sp³-hybridized carbons (Fsp3) is 0.571. The first-order chi connectivity index (χ1) is 8.24. The Bertz CT molecular complexity index is 380. The number of aryl methyl sites for hydroxylation is 1. The zero-order chi connectivity index (χ0) is 12.3. The second kappa shape index (κ2) is 5.78. The van der Waals surface area contributed by atoms with Gasteiger partial charge >= 0.3 is 0 Å². The summed E-state index contributed by atoms with van der Waals surface area (Å²) in [4.78, 5) is 2.47. The van der Waals surface area contributed by atoms with Crippen LogP contribution in [0.2, 0.25) is 0 Å². The molecule has 0 amide bonds. The Morgan fingerprint density at radius 3 is 2.94 bits per heavy atom. The smallest absolute Gasteiger partial charge is 0.0684 e. The van der Waals surface area contributed by atoms with Crippen LogP contribution in [0.3, 0.4) is 0 Å². The lowest BCUT2D eigenvalue weighted by Gasteiger charge is -2.34. The highest BCUT2D eigenvalue weighted by Gasteiger charge is 2.19. The molecule has 17 heavy (non-hydrogen) atoms. The van der Waals surface area contributed by atoms with Gasteiger partial charge in [-0.2, -0.15) is 11.8 Å². The highest BCUT2D eigenvalue weighted by molar-refractivity contribution is 8.00. The van der Waals surface area contributed by atoms with Gasteiger partial charge in [-0.3, -0.25) is 0 Å². The van der Waals surface area contributed by atoms with E-state index in [1.54, 1.807) is 0 Å².